The van der Waals surface area contributed by atoms with E-state index < -0.39 is 0 Å². The minimum atomic E-state index is -0.0281. The highest BCUT2D eigenvalue weighted by Gasteiger charge is 2.15. The fraction of sp³-hybridized carbons (Fsp3) is 0.348. The fourth-order valence-electron chi connectivity index (χ4n) is 3.75. The first-order chi connectivity index (χ1) is 13.1. The third kappa shape index (κ3) is 4.00. The molecule has 0 aliphatic carbocycles. The molecule has 1 aliphatic rings. The largest absolute Gasteiger partial charge is 0.381 e. The lowest BCUT2D eigenvalue weighted by molar-refractivity contribution is 0.438. The summed E-state index contributed by atoms with van der Waals surface area (Å²) in [5, 5.41) is 4.44. The number of hydrogen-bond donors (Lipinski definition) is 2. The number of pyridine rings is 1. The normalized spacial score (nSPS) is 15.3. The second-order valence-electron chi connectivity index (χ2n) is 7.78. The Morgan fingerprint density at radius 3 is 2.56 bits per heavy atom. The number of hydrogen-bond acceptors (Lipinski definition) is 3. The van der Waals surface area contributed by atoms with E-state index in [-0.39, 0.29) is 5.56 Å². The number of anilines is 2. The molecule has 1 aliphatic heterocycles. The van der Waals surface area contributed by atoms with Gasteiger partial charge in [0.15, 0.2) is 0 Å². The number of aryl methyl sites for hydroxylation is 1. The van der Waals surface area contributed by atoms with Gasteiger partial charge in [-0.25, -0.2) is 0 Å². The molecule has 2 aromatic carbocycles. The lowest BCUT2D eigenvalue weighted by Gasteiger charge is -2.32. The van der Waals surface area contributed by atoms with Gasteiger partial charge in [0, 0.05) is 42.1 Å². The number of fused-ring (bicyclic) bond motifs is 1. The minimum Gasteiger partial charge on any atom is -0.381 e. The maximum atomic E-state index is 12.4. The monoisotopic (exact) mass is 361 g/mol. The summed E-state index contributed by atoms with van der Waals surface area (Å²) in [6, 6.07) is 16.7. The molecule has 0 bridgehead atoms. The summed E-state index contributed by atoms with van der Waals surface area (Å²) in [5.41, 5.74) is 5.08. The van der Waals surface area contributed by atoms with Crippen molar-refractivity contribution in [2.75, 3.05) is 23.3 Å². The molecule has 0 saturated carbocycles. The molecule has 1 aromatic heterocycles. The van der Waals surface area contributed by atoms with Crippen LogP contribution in [0.15, 0.2) is 53.3 Å². The molecular formula is C23H27N3O. The first kappa shape index (κ1) is 17.7. The Bertz CT molecular complexity index is 983. The third-order valence-corrected chi connectivity index (χ3v) is 5.58. The molecule has 2 N–H and O–H groups in total. The Labute approximate surface area is 160 Å². The lowest BCUT2D eigenvalue weighted by Crippen LogP contribution is -2.32. The molecule has 0 spiro atoms. The van der Waals surface area contributed by atoms with Crippen molar-refractivity contribution in [2.24, 2.45) is 5.92 Å². The summed E-state index contributed by atoms with van der Waals surface area (Å²) < 4.78 is 0. The average molecular weight is 361 g/mol. The van der Waals surface area contributed by atoms with Gasteiger partial charge >= 0.3 is 0 Å². The molecule has 140 valence electrons. The van der Waals surface area contributed by atoms with Gasteiger partial charge in [-0.05, 0) is 73.0 Å². The molecule has 4 rings (SSSR count). The van der Waals surface area contributed by atoms with Crippen molar-refractivity contribution < 1.29 is 0 Å². The molecule has 27 heavy (non-hydrogen) atoms. The van der Waals surface area contributed by atoms with Crippen LogP contribution in [-0.2, 0) is 6.54 Å². The van der Waals surface area contributed by atoms with Crippen LogP contribution in [0.2, 0.25) is 0 Å². The van der Waals surface area contributed by atoms with E-state index >= 15 is 0 Å². The van der Waals surface area contributed by atoms with Gasteiger partial charge in [0.1, 0.15) is 0 Å². The highest BCUT2D eigenvalue weighted by Crippen LogP contribution is 2.24. The van der Waals surface area contributed by atoms with Crippen LogP contribution in [0.25, 0.3) is 10.9 Å². The molecule has 1 fully saturated rings. The Hall–Kier alpha value is -2.75. The molecule has 1 saturated heterocycles. The fourth-order valence-corrected chi connectivity index (χ4v) is 3.75. The van der Waals surface area contributed by atoms with Crippen LogP contribution in [0.5, 0.6) is 0 Å². The van der Waals surface area contributed by atoms with E-state index in [4.69, 9.17) is 0 Å². The molecule has 4 nitrogen and oxygen atoms in total. The zero-order chi connectivity index (χ0) is 18.8. The molecule has 2 heterocycles. The predicted molar refractivity (Wildman–Crippen MR) is 114 cm³/mol. The van der Waals surface area contributed by atoms with Gasteiger partial charge in [-0.1, -0.05) is 19.1 Å². The zero-order valence-electron chi connectivity index (χ0n) is 16.1. The molecule has 0 radical (unpaired) electrons. The number of aromatic amines is 1. The van der Waals surface area contributed by atoms with Crippen LogP contribution < -0.4 is 15.8 Å². The van der Waals surface area contributed by atoms with E-state index in [1.54, 1.807) is 0 Å². The average Bonchev–Trinajstić information content (AvgIpc) is 2.67. The van der Waals surface area contributed by atoms with Crippen molar-refractivity contribution in [3.63, 3.8) is 0 Å². The van der Waals surface area contributed by atoms with Crippen molar-refractivity contribution in [2.45, 2.75) is 33.2 Å². The van der Waals surface area contributed by atoms with Gasteiger partial charge < -0.3 is 15.2 Å². The minimum absolute atomic E-state index is 0.0281. The smallest absolute Gasteiger partial charge is 0.253 e. The number of aromatic nitrogens is 1. The SMILES string of the molecule is Cc1ccc2cc(CNc3ccc(N4CCC(C)CC4)cc3)c(=O)[nH]c2c1. The quantitative estimate of drug-likeness (QED) is 0.709. The molecular weight excluding hydrogens is 334 g/mol. The highest BCUT2D eigenvalue weighted by molar-refractivity contribution is 5.79. The second-order valence-corrected chi connectivity index (χ2v) is 7.78. The summed E-state index contributed by atoms with van der Waals surface area (Å²) in [6.07, 6.45) is 2.54. The maximum Gasteiger partial charge on any atom is 0.253 e. The van der Waals surface area contributed by atoms with Crippen LogP contribution in [0.3, 0.4) is 0 Å². The Kier molecular flexibility index (Phi) is 4.88. The van der Waals surface area contributed by atoms with Crippen molar-refractivity contribution in [3.8, 4) is 0 Å². The van der Waals surface area contributed by atoms with E-state index in [9.17, 15) is 4.79 Å². The van der Waals surface area contributed by atoms with E-state index in [0.717, 1.165) is 46.7 Å². The van der Waals surface area contributed by atoms with Crippen LogP contribution in [0.4, 0.5) is 11.4 Å². The second kappa shape index (κ2) is 7.47. The summed E-state index contributed by atoms with van der Waals surface area (Å²) in [7, 11) is 0. The Morgan fingerprint density at radius 1 is 1.07 bits per heavy atom. The number of rotatable bonds is 4. The van der Waals surface area contributed by atoms with E-state index in [2.05, 4.69) is 58.5 Å². The number of piperidine rings is 1. The summed E-state index contributed by atoms with van der Waals surface area (Å²) >= 11 is 0. The van der Waals surface area contributed by atoms with Crippen molar-refractivity contribution in [1.82, 2.24) is 4.98 Å². The number of benzene rings is 2. The maximum absolute atomic E-state index is 12.4. The van der Waals surface area contributed by atoms with Gasteiger partial charge in [0.2, 0.25) is 0 Å². The number of nitrogens with zero attached hydrogens (tertiary/aromatic N) is 1. The molecule has 3 aromatic rings. The Morgan fingerprint density at radius 2 is 1.81 bits per heavy atom. The predicted octanol–water partition coefficient (Wildman–Crippen LogP) is 4.68. The summed E-state index contributed by atoms with van der Waals surface area (Å²) in [4.78, 5) is 17.8. The van der Waals surface area contributed by atoms with Crippen LogP contribution >= 0.6 is 0 Å². The summed E-state index contributed by atoms with van der Waals surface area (Å²) in [5.74, 6) is 0.839. The van der Waals surface area contributed by atoms with Crippen LogP contribution in [0.1, 0.15) is 30.9 Å². The molecule has 0 atom stereocenters. The van der Waals surface area contributed by atoms with Crippen molar-refractivity contribution in [1.29, 1.82) is 0 Å². The topological polar surface area (TPSA) is 48.1 Å². The highest BCUT2D eigenvalue weighted by atomic mass is 16.1. The van der Waals surface area contributed by atoms with E-state index in [0.29, 0.717) is 6.54 Å². The molecule has 4 heteroatoms. The lowest BCUT2D eigenvalue weighted by atomic mass is 9.99. The van der Waals surface area contributed by atoms with Crippen molar-refractivity contribution in [3.05, 3.63) is 70.0 Å². The molecule has 0 amide bonds. The van der Waals surface area contributed by atoms with Crippen molar-refractivity contribution >= 4 is 22.3 Å². The van der Waals surface area contributed by atoms with Gasteiger partial charge in [0.25, 0.3) is 5.56 Å². The van der Waals surface area contributed by atoms with E-state index in [1.807, 2.05) is 19.1 Å². The standard InChI is InChI=1S/C23H27N3O/c1-16-9-11-26(12-10-16)21-7-5-20(6-8-21)24-15-19-14-18-4-3-17(2)13-22(18)25-23(19)27/h3-8,13-14,16,24H,9-12,15H2,1-2H3,(H,25,27). The Balaban J connectivity index is 1.44. The van der Waals surface area contributed by atoms with Gasteiger partial charge in [-0.15, -0.1) is 0 Å². The van der Waals surface area contributed by atoms with Crippen LogP contribution in [-0.4, -0.2) is 18.1 Å². The number of H-pyrrole nitrogens is 1. The summed E-state index contributed by atoms with van der Waals surface area (Å²) in [6.45, 7) is 7.15. The first-order valence-corrected chi connectivity index (χ1v) is 9.80. The van der Waals surface area contributed by atoms with Gasteiger partial charge in [-0.2, -0.15) is 0 Å². The van der Waals surface area contributed by atoms with Crippen LogP contribution in [0, 0.1) is 12.8 Å². The zero-order valence-corrected chi connectivity index (χ0v) is 16.1. The molecule has 0 unspecified atom stereocenters. The van der Waals surface area contributed by atoms with Gasteiger partial charge in [-0.3, -0.25) is 4.79 Å². The number of nitrogens with one attached hydrogen (secondary N) is 2. The first-order valence-electron chi connectivity index (χ1n) is 9.80. The van der Waals surface area contributed by atoms with Gasteiger partial charge in [0.05, 0.1) is 0 Å². The van der Waals surface area contributed by atoms with E-state index in [1.165, 1.54) is 18.5 Å². The third-order valence-electron chi connectivity index (χ3n) is 5.58.